The van der Waals surface area contributed by atoms with E-state index in [1.807, 2.05) is 18.2 Å². The van der Waals surface area contributed by atoms with E-state index in [1.165, 1.54) is 10.1 Å². The van der Waals surface area contributed by atoms with Gasteiger partial charge in [-0.2, -0.15) is 0 Å². The molecule has 0 unspecified atom stereocenters. The van der Waals surface area contributed by atoms with Crippen LogP contribution < -0.4 is 11.1 Å². The van der Waals surface area contributed by atoms with Crippen LogP contribution in [0.5, 0.6) is 0 Å². The van der Waals surface area contributed by atoms with Crippen molar-refractivity contribution >= 4 is 16.9 Å². The van der Waals surface area contributed by atoms with Crippen molar-refractivity contribution in [2.75, 3.05) is 26.2 Å². The minimum absolute atomic E-state index is 0.123. The molecule has 4 rings (SSSR count). The molecule has 0 bridgehead atoms. The number of piperazine rings is 1. The highest BCUT2D eigenvalue weighted by molar-refractivity contribution is 5.80. The molecule has 144 valence electrons. The van der Waals surface area contributed by atoms with Gasteiger partial charge in [-0.25, -0.2) is 0 Å². The summed E-state index contributed by atoms with van der Waals surface area (Å²) in [4.78, 5) is 43.6. The smallest absolute Gasteiger partial charge is 0.317 e. The number of nitrogens with zero attached hydrogens (tertiary/aromatic N) is 3. The summed E-state index contributed by atoms with van der Waals surface area (Å²) < 4.78 is 1.27. The molecule has 0 spiro atoms. The lowest BCUT2D eigenvalue weighted by Gasteiger charge is -2.35. The molecule has 7 nitrogen and oxygen atoms in total. The van der Waals surface area contributed by atoms with Crippen LogP contribution in [0.15, 0.2) is 64.2 Å². The van der Waals surface area contributed by atoms with Gasteiger partial charge in [-0.15, -0.1) is 0 Å². The van der Waals surface area contributed by atoms with Gasteiger partial charge in [0.15, 0.2) is 0 Å². The average Bonchev–Trinajstić information content (AvgIpc) is 2.72. The summed E-state index contributed by atoms with van der Waals surface area (Å²) in [6.45, 7) is 3.53. The fourth-order valence-corrected chi connectivity index (χ4v) is 3.61. The van der Waals surface area contributed by atoms with E-state index >= 15 is 0 Å². The number of hydrogen-bond donors (Lipinski definition) is 1. The fraction of sp³-hybridized carbons (Fsp3) is 0.286. The second-order valence-electron chi connectivity index (χ2n) is 7.01. The summed E-state index contributed by atoms with van der Waals surface area (Å²) in [5, 5.41) is 0. The topological polar surface area (TPSA) is 78.4 Å². The van der Waals surface area contributed by atoms with Gasteiger partial charge in [0.25, 0.3) is 0 Å². The van der Waals surface area contributed by atoms with E-state index in [9.17, 15) is 14.4 Å². The Morgan fingerprint density at radius 1 is 0.893 bits per heavy atom. The lowest BCUT2D eigenvalue weighted by atomic mass is 10.2. The third-order valence-corrected chi connectivity index (χ3v) is 5.15. The molecule has 0 saturated carbocycles. The van der Waals surface area contributed by atoms with Crippen molar-refractivity contribution in [1.82, 2.24) is 19.4 Å². The number of carbonyl (C=O) groups is 1. The predicted molar refractivity (Wildman–Crippen MR) is 107 cm³/mol. The van der Waals surface area contributed by atoms with Crippen LogP contribution in [-0.2, 0) is 17.9 Å². The largest absolute Gasteiger partial charge is 0.339 e. The quantitative estimate of drug-likeness (QED) is 0.688. The van der Waals surface area contributed by atoms with Crippen LogP contribution in [0.25, 0.3) is 11.0 Å². The Morgan fingerprint density at radius 2 is 1.57 bits per heavy atom. The van der Waals surface area contributed by atoms with Crippen molar-refractivity contribution in [3.05, 3.63) is 80.9 Å². The van der Waals surface area contributed by atoms with Gasteiger partial charge in [-0.3, -0.25) is 23.9 Å². The molecule has 1 fully saturated rings. The lowest BCUT2D eigenvalue weighted by molar-refractivity contribution is -0.133. The second-order valence-corrected chi connectivity index (χ2v) is 7.01. The minimum Gasteiger partial charge on any atom is -0.339 e. The van der Waals surface area contributed by atoms with Crippen molar-refractivity contribution in [3.63, 3.8) is 0 Å². The molecule has 1 aliphatic heterocycles. The van der Waals surface area contributed by atoms with Gasteiger partial charge in [-0.05, 0) is 17.7 Å². The number of fused-ring (bicyclic) bond motifs is 1. The van der Waals surface area contributed by atoms with E-state index in [2.05, 4.69) is 22.0 Å². The van der Waals surface area contributed by atoms with Gasteiger partial charge in [0.2, 0.25) is 5.91 Å². The Labute approximate surface area is 161 Å². The number of rotatable bonds is 4. The highest BCUT2D eigenvalue weighted by Crippen LogP contribution is 2.11. The number of aromatic amines is 1. The molecule has 0 aliphatic carbocycles. The maximum absolute atomic E-state index is 12.8. The molecule has 3 aromatic rings. The van der Waals surface area contributed by atoms with E-state index in [0.29, 0.717) is 24.1 Å². The molecule has 1 aromatic heterocycles. The van der Waals surface area contributed by atoms with Crippen LogP contribution in [0.4, 0.5) is 0 Å². The van der Waals surface area contributed by atoms with Crippen LogP contribution in [0.2, 0.25) is 0 Å². The van der Waals surface area contributed by atoms with E-state index in [1.54, 1.807) is 29.2 Å². The fourth-order valence-electron chi connectivity index (χ4n) is 3.61. The van der Waals surface area contributed by atoms with E-state index in [4.69, 9.17) is 0 Å². The molecule has 7 heteroatoms. The maximum atomic E-state index is 12.8. The molecule has 1 saturated heterocycles. The maximum Gasteiger partial charge on any atom is 0.317 e. The summed E-state index contributed by atoms with van der Waals surface area (Å²) >= 11 is 0. The van der Waals surface area contributed by atoms with Crippen molar-refractivity contribution < 1.29 is 4.79 Å². The molecular weight excluding hydrogens is 356 g/mol. The summed E-state index contributed by atoms with van der Waals surface area (Å²) in [6.07, 6.45) is 0. The van der Waals surface area contributed by atoms with Crippen LogP contribution in [0.1, 0.15) is 5.56 Å². The van der Waals surface area contributed by atoms with Crippen molar-refractivity contribution in [1.29, 1.82) is 0 Å². The van der Waals surface area contributed by atoms with Gasteiger partial charge in [-0.1, -0.05) is 42.5 Å². The van der Waals surface area contributed by atoms with Crippen LogP contribution in [-0.4, -0.2) is 51.4 Å². The summed E-state index contributed by atoms with van der Waals surface area (Å²) in [6, 6.07) is 17.3. The zero-order chi connectivity index (χ0) is 19.5. The third-order valence-electron chi connectivity index (χ3n) is 5.15. The number of aromatic nitrogens is 2. The van der Waals surface area contributed by atoms with E-state index < -0.39 is 11.1 Å². The van der Waals surface area contributed by atoms with Crippen molar-refractivity contribution in [3.8, 4) is 0 Å². The van der Waals surface area contributed by atoms with Crippen LogP contribution in [0, 0.1) is 0 Å². The predicted octanol–water partition coefficient (Wildman–Crippen LogP) is 1.03. The van der Waals surface area contributed by atoms with Crippen LogP contribution in [0.3, 0.4) is 0 Å². The zero-order valence-corrected chi connectivity index (χ0v) is 15.5. The number of amides is 1. The number of benzene rings is 2. The highest BCUT2D eigenvalue weighted by atomic mass is 16.2. The van der Waals surface area contributed by atoms with Gasteiger partial charge >= 0.3 is 11.1 Å². The molecule has 0 atom stereocenters. The first-order valence-electron chi connectivity index (χ1n) is 9.38. The zero-order valence-electron chi connectivity index (χ0n) is 15.5. The number of para-hydroxylation sites is 2. The molecule has 2 heterocycles. The third kappa shape index (κ3) is 3.75. The van der Waals surface area contributed by atoms with E-state index in [-0.39, 0.29) is 12.5 Å². The Balaban J connectivity index is 1.44. The van der Waals surface area contributed by atoms with Gasteiger partial charge < -0.3 is 9.88 Å². The Kier molecular flexibility index (Phi) is 5.08. The minimum atomic E-state index is -0.709. The second kappa shape index (κ2) is 7.82. The first-order chi connectivity index (χ1) is 13.6. The van der Waals surface area contributed by atoms with E-state index in [0.717, 1.165) is 19.6 Å². The lowest BCUT2D eigenvalue weighted by Crippen LogP contribution is -2.50. The number of nitrogens with one attached hydrogen (secondary N) is 1. The van der Waals surface area contributed by atoms with Crippen molar-refractivity contribution in [2.45, 2.75) is 13.1 Å². The normalized spacial score (nSPS) is 15.1. The molecule has 1 amide bonds. The SMILES string of the molecule is O=C(Cn1c(=O)c(=O)[nH]c2ccccc21)N1CCN(Cc2ccccc2)CC1. The average molecular weight is 378 g/mol. The standard InChI is InChI=1S/C21H22N4O3/c26-19(15-25-18-9-5-4-8-17(18)22-20(27)21(25)28)24-12-10-23(11-13-24)14-16-6-2-1-3-7-16/h1-9H,10-15H2,(H,22,27). The van der Waals surface area contributed by atoms with Crippen molar-refractivity contribution in [2.24, 2.45) is 0 Å². The Morgan fingerprint density at radius 3 is 2.32 bits per heavy atom. The summed E-state index contributed by atoms with van der Waals surface area (Å²) in [7, 11) is 0. The Bertz CT molecular complexity index is 1100. The Hall–Kier alpha value is -3.19. The first-order valence-corrected chi connectivity index (χ1v) is 9.38. The molecule has 28 heavy (non-hydrogen) atoms. The monoisotopic (exact) mass is 378 g/mol. The molecular formula is C21H22N4O3. The summed E-state index contributed by atoms with van der Waals surface area (Å²) in [5.41, 5.74) is 0.952. The molecule has 0 radical (unpaired) electrons. The van der Waals surface area contributed by atoms with Gasteiger partial charge in [0, 0.05) is 32.7 Å². The number of hydrogen-bond acceptors (Lipinski definition) is 4. The highest BCUT2D eigenvalue weighted by Gasteiger charge is 2.22. The summed E-state index contributed by atoms with van der Waals surface area (Å²) in [5.74, 6) is -0.141. The molecule has 2 aromatic carbocycles. The molecule has 1 aliphatic rings. The van der Waals surface area contributed by atoms with Gasteiger partial charge in [0.05, 0.1) is 11.0 Å². The van der Waals surface area contributed by atoms with Gasteiger partial charge in [0.1, 0.15) is 6.54 Å². The number of H-pyrrole nitrogens is 1. The first kappa shape index (κ1) is 18.2. The molecule has 1 N–H and O–H groups in total. The number of carbonyl (C=O) groups excluding carboxylic acids is 1. The van der Waals surface area contributed by atoms with Crippen LogP contribution >= 0.6 is 0 Å².